The molecule has 0 saturated carbocycles. The van der Waals surface area contributed by atoms with Crippen molar-refractivity contribution < 1.29 is 8.42 Å². The van der Waals surface area contributed by atoms with Gasteiger partial charge in [0, 0.05) is 22.6 Å². The number of nitrogens with zero attached hydrogens (tertiary/aromatic N) is 1. The number of benzene rings is 1. The lowest BCUT2D eigenvalue weighted by Crippen LogP contribution is -2.36. The number of hydrogen-bond acceptors (Lipinski definition) is 2. The van der Waals surface area contributed by atoms with Crippen LogP contribution in [0.3, 0.4) is 0 Å². The Hall–Kier alpha value is -0.920. The Bertz CT molecular complexity index is 745. The van der Waals surface area contributed by atoms with E-state index in [1.54, 1.807) is 16.4 Å². The first kappa shape index (κ1) is 19.4. The normalized spacial score (nSPS) is 15.0. The van der Waals surface area contributed by atoms with Crippen LogP contribution in [0.4, 0.5) is 0 Å². The van der Waals surface area contributed by atoms with E-state index in [-0.39, 0.29) is 5.92 Å². The smallest absolute Gasteiger partial charge is 0.207 e. The molecule has 0 N–H and O–H groups in total. The van der Waals surface area contributed by atoms with Crippen LogP contribution in [0, 0.1) is 12.8 Å². The van der Waals surface area contributed by atoms with E-state index in [0.29, 0.717) is 18.0 Å². The van der Waals surface area contributed by atoms with E-state index in [1.165, 1.54) is 0 Å². The lowest BCUT2D eigenvalue weighted by molar-refractivity contribution is 0.420. The molecule has 0 amide bonds. The average Bonchev–Trinajstić information content (AvgIpc) is 2.55. The van der Waals surface area contributed by atoms with Crippen LogP contribution in [0.5, 0.6) is 0 Å². The predicted octanol–water partition coefficient (Wildman–Crippen LogP) is 4.85. The maximum Gasteiger partial charge on any atom is 0.243 e. The standard InChI is InChI=1S/C19H24INO2S/c1-15(2)19(20)14-21(13-17-7-5-4-6-8-17)24(22,23)18-11-9-16(3)10-12-18/h5-12,17H,4,13-14H2,1-3H3. The van der Waals surface area contributed by atoms with Crippen molar-refractivity contribution in [3.05, 3.63) is 63.3 Å². The molecule has 0 radical (unpaired) electrons. The molecule has 24 heavy (non-hydrogen) atoms. The second kappa shape index (κ2) is 8.45. The van der Waals surface area contributed by atoms with Crippen LogP contribution < -0.4 is 0 Å². The molecule has 0 unspecified atom stereocenters. The highest BCUT2D eigenvalue weighted by atomic mass is 127. The van der Waals surface area contributed by atoms with E-state index in [2.05, 4.69) is 46.9 Å². The molecule has 130 valence electrons. The van der Waals surface area contributed by atoms with E-state index in [0.717, 1.165) is 21.1 Å². The first-order chi connectivity index (χ1) is 11.3. The molecule has 5 heteroatoms. The van der Waals surface area contributed by atoms with Crippen molar-refractivity contribution in [2.45, 2.75) is 32.1 Å². The molecule has 1 aromatic rings. The van der Waals surface area contributed by atoms with Crippen LogP contribution in [-0.2, 0) is 10.0 Å². The number of aryl methyl sites for hydroxylation is 1. The average molecular weight is 457 g/mol. The summed E-state index contributed by atoms with van der Waals surface area (Å²) in [5.74, 6) is 0.125. The summed E-state index contributed by atoms with van der Waals surface area (Å²) in [4.78, 5) is 0.356. The van der Waals surface area contributed by atoms with E-state index in [4.69, 9.17) is 0 Å². The number of halogens is 1. The highest BCUT2D eigenvalue weighted by molar-refractivity contribution is 14.1. The second-order valence-electron chi connectivity index (χ2n) is 6.27. The van der Waals surface area contributed by atoms with Gasteiger partial charge in [-0.15, -0.1) is 0 Å². The molecule has 0 fully saturated rings. The second-order valence-corrected chi connectivity index (χ2v) is 9.51. The van der Waals surface area contributed by atoms with Crippen molar-refractivity contribution in [3.63, 3.8) is 0 Å². The third kappa shape index (κ3) is 5.04. The maximum atomic E-state index is 13.1. The van der Waals surface area contributed by atoms with Crippen LogP contribution in [0.1, 0.15) is 25.8 Å². The molecule has 0 atom stereocenters. The van der Waals surface area contributed by atoms with E-state index < -0.39 is 10.0 Å². The molecule has 0 saturated heterocycles. The van der Waals surface area contributed by atoms with Gasteiger partial charge in [-0.1, -0.05) is 47.6 Å². The number of rotatable bonds is 6. The van der Waals surface area contributed by atoms with E-state index >= 15 is 0 Å². The summed E-state index contributed by atoms with van der Waals surface area (Å²) >= 11 is 2.24. The fraction of sp³-hybridized carbons (Fsp3) is 0.368. The maximum absolute atomic E-state index is 13.1. The molecular weight excluding hydrogens is 433 g/mol. The van der Waals surface area contributed by atoms with Crippen LogP contribution in [0.25, 0.3) is 0 Å². The zero-order valence-corrected chi connectivity index (χ0v) is 17.3. The van der Waals surface area contributed by atoms with Gasteiger partial charge in [-0.25, -0.2) is 8.42 Å². The first-order valence-corrected chi connectivity index (χ1v) is 10.5. The Labute approximate surface area is 159 Å². The number of hydrogen-bond donors (Lipinski definition) is 0. The fourth-order valence-corrected chi connectivity index (χ4v) is 4.52. The Morgan fingerprint density at radius 2 is 1.75 bits per heavy atom. The topological polar surface area (TPSA) is 37.4 Å². The minimum absolute atomic E-state index is 0.125. The Morgan fingerprint density at radius 1 is 1.17 bits per heavy atom. The molecule has 0 spiro atoms. The van der Waals surface area contributed by atoms with Crippen molar-refractivity contribution in [1.29, 1.82) is 0 Å². The first-order valence-electron chi connectivity index (χ1n) is 8.02. The molecule has 0 aliphatic heterocycles. The van der Waals surface area contributed by atoms with Crippen LogP contribution in [0.2, 0.25) is 0 Å². The SMILES string of the molecule is CC(C)=C(I)CN(CC1C=CCC=C1)S(=O)(=O)c1ccc(C)cc1. The molecule has 0 bridgehead atoms. The van der Waals surface area contributed by atoms with Gasteiger partial charge in [0.2, 0.25) is 10.0 Å². The van der Waals surface area contributed by atoms with Crippen LogP contribution >= 0.6 is 22.6 Å². The summed E-state index contributed by atoms with van der Waals surface area (Å²) in [6.07, 6.45) is 9.28. The van der Waals surface area contributed by atoms with Gasteiger partial charge in [0.15, 0.2) is 0 Å². The van der Waals surface area contributed by atoms with Crippen LogP contribution in [-0.4, -0.2) is 25.8 Å². The number of allylic oxidation sites excluding steroid dienone is 3. The van der Waals surface area contributed by atoms with Gasteiger partial charge in [0.1, 0.15) is 0 Å². The summed E-state index contributed by atoms with van der Waals surface area (Å²) < 4.78 is 28.9. The quantitative estimate of drug-likeness (QED) is 0.453. The summed E-state index contributed by atoms with van der Waals surface area (Å²) in [6, 6.07) is 7.08. The molecule has 0 aromatic heterocycles. The molecule has 2 rings (SSSR count). The molecule has 0 heterocycles. The fourth-order valence-electron chi connectivity index (χ4n) is 2.43. The van der Waals surface area contributed by atoms with Gasteiger partial charge in [-0.3, -0.25) is 0 Å². The highest BCUT2D eigenvalue weighted by Crippen LogP contribution is 2.24. The highest BCUT2D eigenvalue weighted by Gasteiger charge is 2.26. The Balaban J connectivity index is 2.34. The van der Waals surface area contributed by atoms with Crippen molar-refractivity contribution in [3.8, 4) is 0 Å². The van der Waals surface area contributed by atoms with Crippen molar-refractivity contribution >= 4 is 32.6 Å². The van der Waals surface area contributed by atoms with Crippen LogP contribution in [0.15, 0.2) is 62.6 Å². The molecule has 1 aromatic carbocycles. The monoisotopic (exact) mass is 457 g/mol. The van der Waals surface area contributed by atoms with Crippen molar-refractivity contribution in [1.82, 2.24) is 4.31 Å². The molecular formula is C19H24INO2S. The largest absolute Gasteiger partial charge is 0.243 e. The molecule has 1 aliphatic rings. The summed E-state index contributed by atoms with van der Waals surface area (Å²) in [5.41, 5.74) is 2.20. The minimum Gasteiger partial charge on any atom is -0.207 e. The van der Waals surface area contributed by atoms with Crippen molar-refractivity contribution in [2.75, 3.05) is 13.1 Å². The summed E-state index contributed by atoms with van der Waals surface area (Å²) in [7, 11) is -3.52. The van der Waals surface area contributed by atoms with E-state index in [1.807, 2.05) is 32.9 Å². The Kier molecular flexibility index (Phi) is 6.83. The number of sulfonamides is 1. The Morgan fingerprint density at radius 3 is 2.29 bits per heavy atom. The molecule has 1 aliphatic carbocycles. The van der Waals surface area contributed by atoms with Gasteiger partial charge in [-0.05, 0) is 61.9 Å². The lowest BCUT2D eigenvalue weighted by Gasteiger charge is -2.25. The van der Waals surface area contributed by atoms with Crippen molar-refractivity contribution in [2.24, 2.45) is 5.92 Å². The van der Waals surface area contributed by atoms with Gasteiger partial charge in [-0.2, -0.15) is 4.31 Å². The summed E-state index contributed by atoms with van der Waals surface area (Å²) in [6.45, 7) is 6.86. The summed E-state index contributed by atoms with van der Waals surface area (Å²) in [5, 5.41) is 0. The third-order valence-corrected chi connectivity index (χ3v) is 7.22. The van der Waals surface area contributed by atoms with E-state index in [9.17, 15) is 8.42 Å². The zero-order valence-electron chi connectivity index (χ0n) is 14.4. The minimum atomic E-state index is -3.52. The zero-order chi connectivity index (χ0) is 17.7. The van der Waals surface area contributed by atoms with Gasteiger partial charge < -0.3 is 0 Å². The third-order valence-electron chi connectivity index (χ3n) is 3.97. The van der Waals surface area contributed by atoms with Gasteiger partial charge in [0.05, 0.1) is 4.90 Å². The van der Waals surface area contributed by atoms with Gasteiger partial charge >= 0.3 is 0 Å². The predicted molar refractivity (Wildman–Crippen MR) is 109 cm³/mol. The molecule has 3 nitrogen and oxygen atoms in total. The van der Waals surface area contributed by atoms with Gasteiger partial charge in [0.25, 0.3) is 0 Å². The lowest BCUT2D eigenvalue weighted by atomic mass is 10.0.